The highest BCUT2D eigenvalue weighted by molar-refractivity contribution is 9.12. The van der Waals surface area contributed by atoms with Gasteiger partial charge in [-0.3, -0.25) is 0 Å². The largest absolute Gasteiger partial charge is 0.499 e. The summed E-state index contributed by atoms with van der Waals surface area (Å²) in [6.07, 6.45) is 2.18. The number of fused-ring (bicyclic) bond motifs is 2. The third-order valence-corrected chi connectivity index (χ3v) is 6.94. The van der Waals surface area contributed by atoms with Crippen molar-refractivity contribution in [1.82, 2.24) is 0 Å². The van der Waals surface area contributed by atoms with E-state index in [1.807, 2.05) is 6.07 Å². The van der Waals surface area contributed by atoms with Crippen LogP contribution < -0.4 is 9.96 Å². The molecule has 0 bridgehead atoms. The molecule has 1 heterocycles. The Morgan fingerprint density at radius 3 is 2.44 bits per heavy atom. The summed E-state index contributed by atoms with van der Waals surface area (Å²) in [5, 5.41) is 2.54. The minimum atomic E-state index is 0.0696. The van der Waals surface area contributed by atoms with Gasteiger partial charge in [-0.15, -0.1) is 0 Å². The van der Waals surface area contributed by atoms with E-state index < -0.39 is 0 Å². The Morgan fingerprint density at radius 1 is 1.00 bits per heavy atom. The fraction of sp³-hybridized carbons (Fsp3) is 0.150. The number of allylic oxidation sites excluding steroid dienone is 4. The second-order valence-corrected chi connectivity index (χ2v) is 8.71. The molecule has 1 atom stereocenters. The van der Waals surface area contributed by atoms with Crippen LogP contribution in [-0.4, -0.2) is 14.2 Å². The lowest BCUT2D eigenvalue weighted by atomic mass is 9.84. The normalized spacial score (nSPS) is 19.0. The molecule has 0 spiro atoms. The molecule has 2 aliphatic rings. The topological polar surface area (TPSA) is 18.5 Å². The molecule has 0 saturated carbocycles. The number of methoxy groups -OCH3 is 2. The molecule has 2 aromatic carbocycles. The third kappa shape index (κ3) is 2.81. The monoisotopic (exact) mass is 476 g/mol. The minimum Gasteiger partial charge on any atom is -0.499 e. The lowest BCUT2D eigenvalue weighted by Gasteiger charge is -2.27. The van der Waals surface area contributed by atoms with Crippen LogP contribution in [0.4, 0.5) is 0 Å². The number of hydrogen-bond acceptors (Lipinski definition) is 2. The van der Waals surface area contributed by atoms with Crippen LogP contribution >= 0.6 is 40.1 Å². The van der Waals surface area contributed by atoms with E-state index in [4.69, 9.17) is 9.47 Å². The third-order valence-electron chi connectivity index (χ3n) is 4.48. The predicted octanol–water partition coefficient (Wildman–Crippen LogP) is 5.75. The number of benzene rings is 2. The average molecular weight is 478 g/mol. The van der Waals surface area contributed by atoms with Crippen LogP contribution in [0, 0.1) is 4.94 Å². The molecule has 0 aromatic heterocycles. The maximum absolute atomic E-state index is 5.80. The molecule has 0 fully saturated rings. The first-order chi connectivity index (χ1) is 12.1. The summed E-state index contributed by atoms with van der Waals surface area (Å²) in [6, 6.07) is 14.8. The Morgan fingerprint density at radius 2 is 1.76 bits per heavy atom. The van der Waals surface area contributed by atoms with Gasteiger partial charge in [0.15, 0.2) is 0 Å². The molecule has 1 aliphatic carbocycles. The predicted molar refractivity (Wildman–Crippen MR) is 110 cm³/mol. The smallest absolute Gasteiger partial charge is 0.133 e. The van der Waals surface area contributed by atoms with Crippen LogP contribution in [0.3, 0.4) is 0 Å². The Balaban J connectivity index is 2.07. The lowest BCUT2D eigenvalue weighted by Crippen LogP contribution is -2.18. The summed E-state index contributed by atoms with van der Waals surface area (Å²) in [7, 11) is 4.65. The number of halogens is 2. The van der Waals surface area contributed by atoms with Gasteiger partial charge in [-0.25, -0.2) is 0 Å². The van der Waals surface area contributed by atoms with Crippen molar-refractivity contribution in [2.45, 2.75) is 5.92 Å². The summed E-state index contributed by atoms with van der Waals surface area (Å²) < 4.78 is 13.3. The Labute approximate surface area is 164 Å². The van der Waals surface area contributed by atoms with E-state index in [2.05, 4.69) is 74.3 Å². The van der Waals surface area contributed by atoms with Crippen molar-refractivity contribution in [1.29, 1.82) is 0 Å². The number of rotatable bonds is 3. The van der Waals surface area contributed by atoms with Crippen molar-refractivity contribution in [3.8, 4) is 5.75 Å². The van der Waals surface area contributed by atoms with Gasteiger partial charge in [-0.05, 0) is 66.4 Å². The molecule has 126 valence electrons. The second kappa shape index (κ2) is 6.75. The summed E-state index contributed by atoms with van der Waals surface area (Å²) in [6.45, 7) is 0. The summed E-state index contributed by atoms with van der Waals surface area (Å²) in [5.74, 6) is 1.86. The van der Waals surface area contributed by atoms with Gasteiger partial charge < -0.3 is 9.47 Å². The molecule has 0 N–H and O–H groups in total. The Kier molecular flexibility index (Phi) is 4.61. The van der Waals surface area contributed by atoms with Crippen molar-refractivity contribution >= 4 is 45.6 Å². The SMILES string of the molecule is COC1=C(Br)C=C2P=c3cc(Br)c(OC)cc3=C2C1c1ccccc1. The van der Waals surface area contributed by atoms with E-state index in [1.165, 1.54) is 34.8 Å². The Bertz CT molecular complexity index is 1040. The Hall–Kier alpha value is -1.35. The van der Waals surface area contributed by atoms with Crippen LogP contribution in [0.1, 0.15) is 11.5 Å². The summed E-state index contributed by atoms with van der Waals surface area (Å²) in [5.41, 5.74) is 2.52. The van der Waals surface area contributed by atoms with Crippen molar-refractivity contribution < 1.29 is 9.47 Å². The van der Waals surface area contributed by atoms with Gasteiger partial charge in [0, 0.05) is 10.3 Å². The highest BCUT2D eigenvalue weighted by atomic mass is 79.9. The lowest BCUT2D eigenvalue weighted by molar-refractivity contribution is 0.274. The molecule has 1 unspecified atom stereocenters. The van der Waals surface area contributed by atoms with E-state index in [0.717, 1.165) is 20.5 Å². The van der Waals surface area contributed by atoms with Crippen LogP contribution in [0.2, 0.25) is 0 Å². The zero-order valence-electron chi connectivity index (χ0n) is 13.7. The van der Waals surface area contributed by atoms with Gasteiger partial charge in [0.1, 0.15) is 11.5 Å². The maximum Gasteiger partial charge on any atom is 0.133 e. The fourth-order valence-electron chi connectivity index (χ4n) is 3.39. The van der Waals surface area contributed by atoms with E-state index >= 15 is 0 Å². The van der Waals surface area contributed by atoms with E-state index in [1.54, 1.807) is 14.2 Å². The first kappa shape index (κ1) is 17.1. The van der Waals surface area contributed by atoms with Crippen LogP contribution in [0.15, 0.2) is 68.6 Å². The summed E-state index contributed by atoms with van der Waals surface area (Å²) >= 11 is 7.31. The van der Waals surface area contributed by atoms with E-state index in [-0.39, 0.29) is 5.92 Å². The molecular weight excluding hydrogens is 463 g/mol. The van der Waals surface area contributed by atoms with Gasteiger partial charge in [0.2, 0.25) is 0 Å². The molecule has 2 aromatic rings. The molecule has 25 heavy (non-hydrogen) atoms. The van der Waals surface area contributed by atoms with Gasteiger partial charge in [-0.1, -0.05) is 38.5 Å². The first-order valence-electron chi connectivity index (χ1n) is 7.81. The van der Waals surface area contributed by atoms with E-state index in [0.29, 0.717) is 0 Å². The van der Waals surface area contributed by atoms with Crippen LogP contribution in [0.25, 0.3) is 5.57 Å². The van der Waals surface area contributed by atoms with Crippen LogP contribution in [-0.2, 0) is 4.74 Å². The second-order valence-electron chi connectivity index (χ2n) is 5.82. The molecule has 4 rings (SSSR count). The minimum absolute atomic E-state index is 0.0696. The average Bonchev–Trinajstić information content (AvgIpc) is 2.96. The van der Waals surface area contributed by atoms with Gasteiger partial charge in [0.05, 0.1) is 29.1 Å². The molecule has 2 nitrogen and oxygen atoms in total. The summed E-state index contributed by atoms with van der Waals surface area (Å²) in [4.78, 5) is 1.28. The van der Waals surface area contributed by atoms with E-state index in [9.17, 15) is 0 Å². The number of hydrogen-bond donors (Lipinski definition) is 0. The molecule has 0 radical (unpaired) electrons. The zero-order valence-corrected chi connectivity index (χ0v) is 17.8. The number of ether oxygens (including phenoxy) is 2. The maximum atomic E-state index is 5.80. The van der Waals surface area contributed by atoms with Crippen molar-refractivity contribution in [3.05, 3.63) is 84.3 Å². The molecule has 5 heteroatoms. The molecule has 0 amide bonds. The van der Waals surface area contributed by atoms with Gasteiger partial charge in [-0.2, -0.15) is 0 Å². The van der Waals surface area contributed by atoms with Gasteiger partial charge in [0.25, 0.3) is 0 Å². The highest BCUT2D eigenvalue weighted by Crippen LogP contribution is 2.49. The zero-order chi connectivity index (χ0) is 17.6. The molecule has 0 saturated heterocycles. The van der Waals surface area contributed by atoms with Crippen molar-refractivity contribution in [2.24, 2.45) is 0 Å². The standard InChI is InChI=1S/C20H15Br2O2P/c1-23-15-8-12-16(9-13(15)21)25-17-10-14(22)20(24-2)18(19(12)17)11-6-4-3-5-7-11/h3-10,18H,1-2H3. The highest BCUT2D eigenvalue weighted by Gasteiger charge is 2.32. The van der Waals surface area contributed by atoms with Crippen molar-refractivity contribution in [2.75, 3.05) is 14.2 Å². The first-order valence-corrected chi connectivity index (χ1v) is 10.3. The van der Waals surface area contributed by atoms with Crippen molar-refractivity contribution in [3.63, 3.8) is 0 Å². The molecular formula is C20H15Br2O2P. The molecule has 1 aliphatic heterocycles. The quantitative estimate of drug-likeness (QED) is 0.524. The van der Waals surface area contributed by atoms with Gasteiger partial charge >= 0.3 is 0 Å². The fourth-order valence-corrected chi connectivity index (χ4v) is 6.19. The van der Waals surface area contributed by atoms with Crippen LogP contribution in [0.5, 0.6) is 5.75 Å².